The highest BCUT2D eigenvalue weighted by molar-refractivity contribution is 6.33. The standard InChI is InChI=1S/C45H28N4/c1-3-15-29(16-4-1)43-46-44(30-17-5-2-6-18-30)48-45(47-43)37-23-11-12-26-38(37)49-39-27-13-24-35-33-21-9-7-19-31(33)32-20-8-10-22-34(32)36-25-14-28-40(49)42(36)41(35)39/h1-28H. The summed E-state index contributed by atoms with van der Waals surface area (Å²) in [4.78, 5) is 15.2. The minimum Gasteiger partial charge on any atom is -0.308 e. The van der Waals surface area contributed by atoms with Gasteiger partial charge in [-0.15, -0.1) is 0 Å². The molecule has 0 aliphatic rings. The van der Waals surface area contributed by atoms with Crippen molar-refractivity contribution in [3.8, 4) is 39.9 Å². The van der Waals surface area contributed by atoms with Crippen molar-refractivity contribution < 1.29 is 0 Å². The van der Waals surface area contributed by atoms with Crippen LogP contribution in [0.4, 0.5) is 0 Å². The lowest BCUT2D eigenvalue weighted by molar-refractivity contribution is 1.06. The van der Waals surface area contributed by atoms with Crippen LogP contribution in [0.5, 0.6) is 0 Å². The van der Waals surface area contributed by atoms with Crippen LogP contribution in [0, 0.1) is 0 Å². The Morgan fingerprint density at radius 3 is 1.20 bits per heavy atom. The Balaban J connectivity index is 1.34. The first-order valence-corrected chi connectivity index (χ1v) is 16.6. The number of hydrogen-bond donors (Lipinski definition) is 0. The Bertz CT molecular complexity index is 2700. The second-order valence-corrected chi connectivity index (χ2v) is 12.4. The van der Waals surface area contributed by atoms with Gasteiger partial charge in [0.05, 0.1) is 16.7 Å². The van der Waals surface area contributed by atoms with E-state index in [1.54, 1.807) is 0 Å². The molecule has 0 radical (unpaired) electrons. The maximum absolute atomic E-state index is 5.13. The van der Waals surface area contributed by atoms with E-state index in [2.05, 4.69) is 114 Å². The average molecular weight is 625 g/mol. The first kappa shape index (κ1) is 27.5. The topological polar surface area (TPSA) is 43.6 Å². The number of rotatable bonds is 4. The molecule has 0 N–H and O–H groups in total. The normalized spacial score (nSPS) is 11.7. The van der Waals surface area contributed by atoms with Gasteiger partial charge in [-0.2, -0.15) is 0 Å². The Morgan fingerprint density at radius 1 is 0.306 bits per heavy atom. The molecule has 0 fully saturated rings. The van der Waals surface area contributed by atoms with Crippen LogP contribution in [0.1, 0.15) is 0 Å². The number of fused-ring (bicyclic) bond motifs is 5. The van der Waals surface area contributed by atoms with Crippen LogP contribution in [-0.2, 0) is 0 Å². The lowest BCUT2D eigenvalue weighted by atomic mass is 9.95. The summed E-state index contributed by atoms with van der Waals surface area (Å²) in [7, 11) is 0. The van der Waals surface area contributed by atoms with Crippen molar-refractivity contribution in [2.75, 3.05) is 0 Å². The van der Waals surface area contributed by atoms with Gasteiger partial charge in [0.2, 0.25) is 0 Å². The van der Waals surface area contributed by atoms with Gasteiger partial charge in [0.15, 0.2) is 17.5 Å². The summed E-state index contributed by atoms with van der Waals surface area (Å²) in [6.07, 6.45) is 0. The minimum atomic E-state index is 0.630. The molecule has 10 aromatic rings. The number of hydrogen-bond acceptors (Lipinski definition) is 3. The third-order valence-corrected chi connectivity index (χ3v) is 9.63. The molecule has 0 aliphatic carbocycles. The summed E-state index contributed by atoms with van der Waals surface area (Å²) >= 11 is 0. The lowest BCUT2D eigenvalue weighted by Crippen LogP contribution is -2.03. The van der Waals surface area contributed by atoms with Gasteiger partial charge < -0.3 is 4.57 Å². The maximum Gasteiger partial charge on any atom is 0.166 e. The molecule has 4 nitrogen and oxygen atoms in total. The van der Waals surface area contributed by atoms with E-state index < -0.39 is 0 Å². The molecule has 2 aromatic heterocycles. The van der Waals surface area contributed by atoms with Gasteiger partial charge in [0, 0.05) is 27.5 Å². The van der Waals surface area contributed by atoms with Crippen LogP contribution in [0.3, 0.4) is 0 Å². The summed E-state index contributed by atoms with van der Waals surface area (Å²) < 4.78 is 2.40. The number of nitrogens with zero attached hydrogens (tertiary/aromatic N) is 4. The fourth-order valence-electron chi connectivity index (χ4n) is 7.51. The van der Waals surface area contributed by atoms with Crippen molar-refractivity contribution >= 4 is 54.1 Å². The highest BCUT2D eigenvalue weighted by Crippen LogP contribution is 2.43. The predicted octanol–water partition coefficient (Wildman–Crippen LogP) is 11.4. The van der Waals surface area contributed by atoms with Gasteiger partial charge in [-0.25, -0.2) is 15.0 Å². The summed E-state index contributed by atoms with van der Waals surface area (Å²) in [5.74, 6) is 1.92. The largest absolute Gasteiger partial charge is 0.308 e. The summed E-state index contributed by atoms with van der Waals surface area (Å²) in [6.45, 7) is 0. The molecular weight excluding hydrogens is 597 g/mol. The summed E-state index contributed by atoms with van der Waals surface area (Å²) in [5, 5.41) is 9.91. The Morgan fingerprint density at radius 2 is 0.694 bits per heavy atom. The van der Waals surface area contributed by atoms with Gasteiger partial charge in [0.1, 0.15) is 0 Å². The van der Waals surface area contributed by atoms with Crippen molar-refractivity contribution in [3.63, 3.8) is 0 Å². The van der Waals surface area contributed by atoms with Crippen molar-refractivity contribution in [1.29, 1.82) is 0 Å². The molecular formula is C45H28N4. The average Bonchev–Trinajstić information content (AvgIpc) is 3.53. The van der Waals surface area contributed by atoms with Gasteiger partial charge in [-0.3, -0.25) is 0 Å². The quantitative estimate of drug-likeness (QED) is 0.196. The first-order valence-electron chi connectivity index (χ1n) is 16.6. The van der Waals surface area contributed by atoms with Gasteiger partial charge in [-0.1, -0.05) is 146 Å². The van der Waals surface area contributed by atoms with E-state index >= 15 is 0 Å². The minimum absolute atomic E-state index is 0.630. The molecule has 0 aliphatic heterocycles. The molecule has 0 atom stereocenters. The smallest absolute Gasteiger partial charge is 0.166 e. The molecule has 49 heavy (non-hydrogen) atoms. The predicted molar refractivity (Wildman–Crippen MR) is 203 cm³/mol. The van der Waals surface area contributed by atoms with E-state index in [9.17, 15) is 0 Å². The molecule has 0 amide bonds. The zero-order chi connectivity index (χ0) is 32.3. The molecule has 0 saturated heterocycles. The van der Waals surface area contributed by atoms with E-state index in [0.29, 0.717) is 17.5 Å². The zero-order valence-electron chi connectivity index (χ0n) is 26.5. The summed E-state index contributed by atoms with van der Waals surface area (Å²) in [6, 6.07) is 59.8. The molecule has 10 rings (SSSR count). The molecule has 228 valence electrons. The molecule has 0 spiro atoms. The third kappa shape index (κ3) is 4.28. The lowest BCUT2D eigenvalue weighted by Gasteiger charge is -2.14. The maximum atomic E-state index is 5.13. The highest BCUT2D eigenvalue weighted by atomic mass is 15.1. The van der Waals surface area contributed by atoms with Gasteiger partial charge >= 0.3 is 0 Å². The van der Waals surface area contributed by atoms with Crippen molar-refractivity contribution in [2.24, 2.45) is 0 Å². The van der Waals surface area contributed by atoms with Crippen LogP contribution < -0.4 is 0 Å². The second-order valence-electron chi connectivity index (χ2n) is 12.4. The SMILES string of the molecule is c1ccc(-c2nc(-c3ccccc3)nc(-c3ccccc3-n3c4cccc5c6ccccc6c6ccccc6c6cccc3c6c54)n2)cc1. The van der Waals surface area contributed by atoms with Crippen LogP contribution >= 0.6 is 0 Å². The number of benzene rings is 7. The van der Waals surface area contributed by atoms with Crippen LogP contribution in [0.25, 0.3) is 94.0 Å². The van der Waals surface area contributed by atoms with Crippen molar-refractivity contribution in [3.05, 3.63) is 170 Å². The van der Waals surface area contributed by atoms with Crippen LogP contribution in [-0.4, -0.2) is 19.5 Å². The molecule has 0 bridgehead atoms. The third-order valence-electron chi connectivity index (χ3n) is 9.63. The van der Waals surface area contributed by atoms with Crippen molar-refractivity contribution in [1.82, 2.24) is 19.5 Å². The molecule has 0 unspecified atom stereocenters. The Hall–Kier alpha value is -6.65. The second kappa shape index (κ2) is 11.0. The fourth-order valence-corrected chi connectivity index (χ4v) is 7.51. The van der Waals surface area contributed by atoms with E-state index in [0.717, 1.165) is 33.4 Å². The molecule has 4 heteroatoms. The van der Waals surface area contributed by atoms with Gasteiger partial charge in [0.25, 0.3) is 0 Å². The zero-order valence-corrected chi connectivity index (χ0v) is 26.5. The van der Waals surface area contributed by atoms with Crippen molar-refractivity contribution in [2.45, 2.75) is 0 Å². The number of aromatic nitrogens is 4. The monoisotopic (exact) mass is 624 g/mol. The van der Waals surface area contributed by atoms with Gasteiger partial charge in [-0.05, 0) is 56.6 Å². The van der Waals surface area contributed by atoms with Crippen LogP contribution in [0.15, 0.2) is 170 Å². The highest BCUT2D eigenvalue weighted by Gasteiger charge is 2.21. The molecule has 0 saturated carbocycles. The Labute approximate surface area is 282 Å². The van der Waals surface area contributed by atoms with Crippen LogP contribution in [0.2, 0.25) is 0 Å². The summed E-state index contributed by atoms with van der Waals surface area (Å²) in [5.41, 5.74) is 6.13. The first-order chi connectivity index (χ1) is 24.3. The van der Waals surface area contributed by atoms with E-state index in [1.165, 1.54) is 43.1 Å². The Kier molecular flexibility index (Phi) is 6.15. The molecule has 8 aromatic carbocycles. The van der Waals surface area contributed by atoms with E-state index in [-0.39, 0.29) is 0 Å². The van der Waals surface area contributed by atoms with E-state index in [4.69, 9.17) is 15.0 Å². The molecule has 2 heterocycles. The van der Waals surface area contributed by atoms with E-state index in [1.807, 2.05) is 60.7 Å². The number of para-hydroxylation sites is 1. The fraction of sp³-hybridized carbons (Fsp3) is 0.